The molecular weight excluding hydrogens is 586 g/mol. The Morgan fingerprint density at radius 3 is 2.29 bits per heavy atom. The van der Waals surface area contributed by atoms with Gasteiger partial charge in [0.25, 0.3) is 11.6 Å². The summed E-state index contributed by atoms with van der Waals surface area (Å²) >= 11 is 0. The number of nitro groups is 1. The van der Waals surface area contributed by atoms with Crippen LogP contribution in [0, 0.1) is 17.0 Å². The number of allylic oxidation sites excluding steroid dienone is 1. The van der Waals surface area contributed by atoms with E-state index in [0.29, 0.717) is 34.7 Å². The number of nitrogens with zero attached hydrogens (tertiary/aromatic N) is 6. The molecule has 0 aliphatic heterocycles. The second-order valence-electron chi connectivity index (χ2n) is 9.83. The standard InChI is InChI=1S/C29H33N9O7/c1-6-37-21(11-16(2)34-37)28(41)33-29-35(3)20-13-18(27(31)40)15-23(45-5)25(20)36(29)10-8-7-9-32-24-19(38(42)43)12-17(26(30)39)14-22(24)44-4/h7-8,11-15,32H,6,9-10H2,1-5H3,(H2,30,39)(H2,31,40)/b8-7+,33-29?. The van der Waals surface area contributed by atoms with Gasteiger partial charge in [0.05, 0.1) is 30.4 Å². The zero-order valence-corrected chi connectivity index (χ0v) is 25.4. The van der Waals surface area contributed by atoms with Gasteiger partial charge in [-0.1, -0.05) is 12.2 Å². The molecule has 4 aromatic rings. The van der Waals surface area contributed by atoms with Crippen molar-refractivity contribution in [2.75, 3.05) is 26.1 Å². The maximum Gasteiger partial charge on any atom is 0.298 e. The predicted octanol–water partition coefficient (Wildman–Crippen LogP) is 2.04. The number of nitrogens with two attached hydrogens (primary N) is 2. The molecule has 4 rings (SSSR count). The Morgan fingerprint density at radius 1 is 1.04 bits per heavy atom. The highest BCUT2D eigenvalue weighted by atomic mass is 16.6. The maximum absolute atomic E-state index is 13.4. The number of primary amides is 2. The van der Waals surface area contributed by atoms with Gasteiger partial charge in [0.1, 0.15) is 22.7 Å². The van der Waals surface area contributed by atoms with Crippen molar-refractivity contribution in [3.05, 3.63) is 80.7 Å². The number of hydrogen-bond acceptors (Lipinski definition) is 9. The lowest BCUT2D eigenvalue weighted by Gasteiger charge is -2.11. The van der Waals surface area contributed by atoms with Crippen LogP contribution in [0.4, 0.5) is 11.4 Å². The van der Waals surface area contributed by atoms with Crippen molar-refractivity contribution in [2.24, 2.45) is 23.5 Å². The molecule has 2 heterocycles. The molecule has 45 heavy (non-hydrogen) atoms. The fourth-order valence-electron chi connectivity index (χ4n) is 4.87. The number of imidazole rings is 1. The van der Waals surface area contributed by atoms with Gasteiger partial charge in [0.2, 0.25) is 17.4 Å². The zero-order valence-electron chi connectivity index (χ0n) is 25.4. The van der Waals surface area contributed by atoms with E-state index in [0.717, 1.165) is 6.07 Å². The summed E-state index contributed by atoms with van der Waals surface area (Å²) in [5, 5.41) is 19.0. The number of fused-ring (bicyclic) bond motifs is 1. The molecule has 3 amide bonds. The number of aromatic nitrogens is 4. The summed E-state index contributed by atoms with van der Waals surface area (Å²) in [5.74, 6) is -1.59. The van der Waals surface area contributed by atoms with Crippen LogP contribution in [0.25, 0.3) is 11.0 Å². The van der Waals surface area contributed by atoms with E-state index in [-0.39, 0.29) is 47.0 Å². The minimum absolute atomic E-state index is 0.0663. The summed E-state index contributed by atoms with van der Waals surface area (Å²) in [6.07, 6.45) is 3.47. The van der Waals surface area contributed by atoms with Crippen LogP contribution in [0.5, 0.6) is 11.5 Å². The average molecular weight is 620 g/mol. The molecule has 0 bridgehead atoms. The van der Waals surface area contributed by atoms with E-state index >= 15 is 0 Å². The number of benzene rings is 2. The van der Waals surface area contributed by atoms with Gasteiger partial charge < -0.3 is 35.4 Å². The van der Waals surface area contributed by atoms with Gasteiger partial charge in [0, 0.05) is 43.9 Å². The number of nitro benzene ring substituents is 1. The molecule has 16 heteroatoms. The molecule has 0 radical (unpaired) electrons. The molecule has 2 aromatic carbocycles. The number of aryl methyl sites for hydroxylation is 3. The van der Waals surface area contributed by atoms with Gasteiger partial charge in [-0.2, -0.15) is 10.1 Å². The van der Waals surface area contributed by atoms with Crippen LogP contribution in [0.2, 0.25) is 0 Å². The fourth-order valence-corrected chi connectivity index (χ4v) is 4.87. The smallest absolute Gasteiger partial charge is 0.298 e. The molecule has 0 aliphatic rings. The Balaban J connectivity index is 1.76. The van der Waals surface area contributed by atoms with Crippen molar-refractivity contribution in [1.82, 2.24) is 18.9 Å². The summed E-state index contributed by atoms with van der Waals surface area (Å²) in [5.41, 5.74) is 13.0. The van der Waals surface area contributed by atoms with Crippen LogP contribution < -0.4 is 31.9 Å². The van der Waals surface area contributed by atoms with Crippen molar-refractivity contribution in [1.29, 1.82) is 0 Å². The SMILES string of the molecule is CCn1nc(C)cc1C(=O)N=c1n(C)c2cc(C(N)=O)cc(OC)c2n1C/C=C/CNc1c(OC)cc(C(N)=O)cc1[N+](=O)[O-]. The number of methoxy groups -OCH3 is 2. The third-order valence-corrected chi connectivity index (χ3v) is 6.99. The van der Waals surface area contributed by atoms with Crippen molar-refractivity contribution >= 4 is 40.1 Å². The minimum atomic E-state index is -0.831. The minimum Gasteiger partial charge on any atom is -0.494 e. The van der Waals surface area contributed by atoms with E-state index < -0.39 is 22.6 Å². The second kappa shape index (κ2) is 13.2. The summed E-state index contributed by atoms with van der Waals surface area (Å²) in [6, 6.07) is 7.15. The lowest BCUT2D eigenvalue weighted by atomic mass is 10.1. The van der Waals surface area contributed by atoms with E-state index in [2.05, 4.69) is 15.4 Å². The number of ether oxygens (including phenoxy) is 2. The lowest BCUT2D eigenvalue weighted by molar-refractivity contribution is -0.384. The molecule has 0 atom stereocenters. The molecule has 0 saturated carbocycles. The molecule has 236 valence electrons. The van der Waals surface area contributed by atoms with Gasteiger partial charge in [0.15, 0.2) is 5.69 Å². The molecule has 0 fully saturated rings. The highest BCUT2D eigenvalue weighted by Crippen LogP contribution is 2.35. The number of carbonyl (C=O) groups is 3. The first-order chi connectivity index (χ1) is 21.4. The van der Waals surface area contributed by atoms with Crippen LogP contribution in [-0.2, 0) is 20.1 Å². The zero-order chi connectivity index (χ0) is 33.0. The van der Waals surface area contributed by atoms with E-state index in [1.807, 2.05) is 6.92 Å². The van der Waals surface area contributed by atoms with Crippen molar-refractivity contribution in [2.45, 2.75) is 26.9 Å². The third kappa shape index (κ3) is 6.39. The van der Waals surface area contributed by atoms with E-state index in [4.69, 9.17) is 20.9 Å². The summed E-state index contributed by atoms with van der Waals surface area (Å²) in [7, 11) is 4.47. The maximum atomic E-state index is 13.4. The van der Waals surface area contributed by atoms with Crippen LogP contribution in [-0.4, -0.2) is 62.3 Å². The Labute approximate surface area is 256 Å². The third-order valence-electron chi connectivity index (χ3n) is 6.99. The first-order valence-electron chi connectivity index (χ1n) is 13.7. The normalized spacial score (nSPS) is 11.7. The van der Waals surface area contributed by atoms with Crippen LogP contribution in [0.15, 0.2) is 47.5 Å². The van der Waals surface area contributed by atoms with Crippen molar-refractivity contribution in [3.63, 3.8) is 0 Å². The Morgan fingerprint density at radius 2 is 1.69 bits per heavy atom. The fraction of sp³-hybridized carbons (Fsp3) is 0.276. The summed E-state index contributed by atoms with van der Waals surface area (Å²) < 4.78 is 15.8. The highest BCUT2D eigenvalue weighted by molar-refractivity contribution is 5.99. The number of nitrogens with one attached hydrogen (secondary N) is 1. The number of hydrogen-bond donors (Lipinski definition) is 3. The van der Waals surface area contributed by atoms with Gasteiger partial charge in [-0.05, 0) is 38.1 Å². The Hall–Kier alpha value is -5.93. The van der Waals surface area contributed by atoms with E-state index in [9.17, 15) is 24.5 Å². The quantitative estimate of drug-likeness (QED) is 0.120. The molecule has 0 saturated heterocycles. The number of amides is 3. The lowest BCUT2D eigenvalue weighted by Crippen LogP contribution is -2.26. The molecular formula is C29H33N9O7. The average Bonchev–Trinajstić information content (AvgIpc) is 3.52. The summed E-state index contributed by atoms with van der Waals surface area (Å²) in [6.45, 7) is 4.43. The molecule has 0 aliphatic carbocycles. The molecule has 5 N–H and O–H groups in total. The van der Waals surface area contributed by atoms with Crippen LogP contribution >= 0.6 is 0 Å². The molecule has 16 nitrogen and oxygen atoms in total. The van der Waals surface area contributed by atoms with E-state index in [1.54, 1.807) is 52.1 Å². The van der Waals surface area contributed by atoms with Gasteiger partial charge in [-0.25, -0.2) is 0 Å². The van der Waals surface area contributed by atoms with Gasteiger partial charge in [-0.3, -0.25) is 29.2 Å². The largest absolute Gasteiger partial charge is 0.494 e. The van der Waals surface area contributed by atoms with Crippen molar-refractivity contribution < 1.29 is 28.8 Å². The first kappa shape index (κ1) is 32.0. The second-order valence-corrected chi connectivity index (χ2v) is 9.83. The van der Waals surface area contributed by atoms with E-state index in [1.165, 1.54) is 26.4 Å². The van der Waals surface area contributed by atoms with Gasteiger partial charge >= 0.3 is 0 Å². The first-order valence-corrected chi connectivity index (χ1v) is 13.7. The predicted molar refractivity (Wildman–Crippen MR) is 164 cm³/mol. The van der Waals surface area contributed by atoms with Crippen molar-refractivity contribution in [3.8, 4) is 11.5 Å². The highest BCUT2D eigenvalue weighted by Gasteiger charge is 2.22. The topological polar surface area (TPSA) is 217 Å². The van der Waals surface area contributed by atoms with Crippen LogP contribution in [0.1, 0.15) is 43.8 Å². The molecule has 2 aromatic heterocycles. The molecule has 0 spiro atoms. The number of anilines is 1. The summed E-state index contributed by atoms with van der Waals surface area (Å²) in [4.78, 5) is 52.6. The number of carbonyl (C=O) groups excluding carboxylic acids is 3. The Kier molecular flexibility index (Phi) is 9.35. The number of rotatable bonds is 12. The Bertz CT molecular complexity index is 1930. The molecule has 0 unspecified atom stereocenters. The van der Waals surface area contributed by atoms with Crippen LogP contribution in [0.3, 0.4) is 0 Å². The van der Waals surface area contributed by atoms with Gasteiger partial charge in [-0.15, -0.1) is 0 Å². The monoisotopic (exact) mass is 619 g/mol.